The van der Waals surface area contributed by atoms with E-state index in [1.165, 1.54) is 0 Å². The van der Waals surface area contributed by atoms with Gasteiger partial charge in [-0.2, -0.15) is 5.10 Å². The van der Waals surface area contributed by atoms with Gasteiger partial charge in [-0.1, -0.05) is 43.3 Å². The number of H-pyrrole nitrogens is 1. The topological polar surface area (TPSA) is 77.1 Å². The van der Waals surface area contributed by atoms with Gasteiger partial charge in [-0.05, 0) is 24.2 Å². The molecule has 2 aromatic heterocycles. The van der Waals surface area contributed by atoms with Gasteiger partial charge in [0.2, 0.25) is 0 Å². The molecule has 0 aliphatic carbocycles. The molecule has 0 saturated carbocycles. The van der Waals surface area contributed by atoms with Gasteiger partial charge < -0.3 is 15.1 Å². The molecule has 0 atom stereocenters. The van der Waals surface area contributed by atoms with Gasteiger partial charge in [0.15, 0.2) is 0 Å². The Morgan fingerprint density at radius 2 is 1.90 bits per heavy atom. The Morgan fingerprint density at radius 3 is 2.59 bits per heavy atom. The lowest BCUT2D eigenvalue weighted by atomic mass is 10.1. The zero-order valence-electron chi connectivity index (χ0n) is 16.6. The van der Waals surface area contributed by atoms with Crippen LogP contribution < -0.4 is 10.2 Å². The lowest BCUT2D eigenvalue weighted by molar-refractivity contribution is 0.0946. The van der Waals surface area contributed by atoms with Gasteiger partial charge in [0.05, 0.1) is 5.69 Å². The lowest BCUT2D eigenvalue weighted by Crippen LogP contribution is -2.46. The molecular weight excluding hydrogens is 364 g/mol. The van der Waals surface area contributed by atoms with Crippen molar-refractivity contribution in [3.05, 3.63) is 66.0 Å². The molecule has 0 bridgehead atoms. The van der Waals surface area contributed by atoms with Crippen LogP contribution in [0.15, 0.2) is 54.7 Å². The van der Waals surface area contributed by atoms with E-state index in [2.05, 4.69) is 37.2 Å². The van der Waals surface area contributed by atoms with Gasteiger partial charge in [-0.15, -0.1) is 0 Å². The van der Waals surface area contributed by atoms with E-state index < -0.39 is 0 Å². The number of anilines is 1. The highest BCUT2D eigenvalue weighted by Crippen LogP contribution is 2.17. The van der Waals surface area contributed by atoms with Crippen LogP contribution in [0.2, 0.25) is 0 Å². The van der Waals surface area contributed by atoms with Crippen molar-refractivity contribution >= 4 is 11.7 Å². The highest BCUT2D eigenvalue weighted by Gasteiger charge is 2.16. The van der Waals surface area contributed by atoms with E-state index in [0.717, 1.165) is 55.4 Å². The van der Waals surface area contributed by atoms with Crippen LogP contribution in [0.1, 0.15) is 23.0 Å². The molecule has 7 nitrogen and oxygen atoms in total. The third kappa shape index (κ3) is 4.63. The maximum absolute atomic E-state index is 12.4. The number of aromatic amines is 1. The standard InChI is InChI=1S/C22H26N6O/c1-2-27-10-12-28(13-11-27)21-9-8-17(15-23-21)16-24-22(29)20-14-19(25-26-20)18-6-4-3-5-7-18/h3-9,14-15H,2,10-13,16H2,1H3,(H,24,29)(H,25,26). The smallest absolute Gasteiger partial charge is 0.269 e. The van der Waals surface area contributed by atoms with E-state index >= 15 is 0 Å². The Kier molecular flexibility index (Phi) is 5.86. The van der Waals surface area contributed by atoms with Gasteiger partial charge in [-0.3, -0.25) is 9.89 Å². The fourth-order valence-corrected chi connectivity index (χ4v) is 3.47. The minimum Gasteiger partial charge on any atom is -0.354 e. The first kappa shape index (κ1) is 19.1. The summed E-state index contributed by atoms with van der Waals surface area (Å²) in [7, 11) is 0. The van der Waals surface area contributed by atoms with E-state index in [-0.39, 0.29) is 5.91 Å². The van der Waals surface area contributed by atoms with Crippen LogP contribution in [0, 0.1) is 0 Å². The Bertz CT molecular complexity index is 929. The van der Waals surface area contributed by atoms with Crippen LogP contribution in [-0.2, 0) is 6.54 Å². The monoisotopic (exact) mass is 390 g/mol. The molecule has 1 aliphatic heterocycles. The van der Waals surface area contributed by atoms with Crippen molar-refractivity contribution in [1.29, 1.82) is 0 Å². The van der Waals surface area contributed by atoms with E-state index in [0.29, 0.717) is 12.2 Å². The Labute approximate surface area is 170 Å². The van der Waals surface area contributed by atoms with Crippen molar-refractivity contribution < 1.29 is 4.79 Å². The number of nitrogens with zero attached hydrogens (tertiary/aromatic N) is 4. The van der Waals surface area contributed by atoms with Crippen molar-refractivity contribution in [2.75, 3.05) is 37.6 Å². The highest BCUT2D eigenvalue weighted by atomic mass is 16.1. The first-order chi connectivity index (χ1) is 14.2. The van der Waals surface area contributed by atoms with Crippen molar-refractivity contribution in [3.8, 4) is 11.3 Å². The van der Waals surface area contributed by atoms with Crippen LogP contribution in [-0.4, -0.2) is 58.7 Å². The summed E-state index contributed by atoms with van der Waals surface area (Å²) < 4.78 is 0. The minimum atomic E-state index is -0.181. The summed E-state index contributed by atoms with van der Waals surface area (Å²) in [6, 6.07) is 15.6. The number of rotatable bonds is 6. The maximum atomic E-state index is 12.4. The lowest BCUT2D eigenvalue weighted by Gasteiger charge is -2.34. The molecule has 1 aromatic carbocycles. The number of pyridine rings is 1. The number of nitrogens with one attached hydrogen (secondary N) is 2. The van der Waals surface area contributed by atoms with Crippen LogP contribution in [0.5, 0.6) is 0 Å². The second-order valence-electron chi connectivity index (χ2n) is 7.16. The number of carbonyl (C=O) groups excluding carboxylic acids is 1. The fraction of sp³-hybridized carbons (Fsp3) is 0.318. The van der Waals surface area contributed by atoms with E-state index in [1.54, 1.807) is 6.07 Å². The molecule has 0 spiro atoms. The molecular formula is C22H26N6O. The first-order valence-electron chi connectivity index (χ1n) is 10.0. The average molecular weight is 390 g/mol. The number of hydrogen-bond acceptors (Lipinski definition) is 5. The third-order valence-corrected chi connectivity index (χ3v) is 5.30. The van der Waals surface area contributed by atoms with E-state index in [4.69, 9.17) is 0 Å². The summed E-state index contributed by atoms with van der Waals surface area (Å²) in [5, 5.41) is 9.96. The molecule has 3 heterocycles. The Hall–Kier alpha value is -3.19. The van der Waals surface area contributed by atoms with Crippen molar-refractivity contribution in [1.82, 2.24) is 25.4 Å². The number of carbonyl (C=O) groups is 1. The van der Waals surface area contributed by atoms with Gasteiger partial charge in [0.25, 0.3) is 5.91 Å². The molecule has 7 heteroatoms. The van der Waals surface area contributed by atoms with Crippen LogP contribution in [0.3, 0.4) is 0 Å². The van der Waals surface area contributed by atoms with Gasteiger partial charge in [0, 0.05) is 44.5 Å². The molecule has 4 rings (SSSR count). The molecule has 1 saturated heterocycles. The molecule has 29 heavy (non-hydrogen) atoms. The summed E-state index contributed by atoms with van der Waals surface area (Å²) in [4.78, 5) is 21.8. The molecule has 0 unspecified atom stereocenters. The number of benzene rings is 1. The van der Waals surface area contributed by atoms with Gasteiger partial charge in [0.1, 0.15) is 11.5 Å². The zero-order valence-corrected chi connectivity index (χ0v) is 16.6. The SMILES string of the molecule is CCN1CCN(c2ccc(CNC(=O)c3cc(-c4ccccc4)n[nH]3)cn2)CC1. The number of hydrogen-bond donors (Lipinski definition) is 2. The molecule has 1 aliphatic rings. The van der Waals surface area contributed by atoms with Gasteiger partial charge in [-0.25, -0.2) is 4.98 Å². The molecule has 3 aromatic rings. The maximum Gasteiger partial charge on any atom is 0.269 e. The predicted molar refractivity (Wildman–Crippen MR) is 114 cm³/mol. The summed E-state index contributed by atoms with van der Waals surface area (Å²) in [6.07, 6.45) is 1.84. The molecule has 1 amide bonds. The van der Waals surface area contributed by atoms with Crippen molar-refractivity contribution in [3.63, 3.8) is 0 Å². The quantitative estimate of drug-likeness (QED) is 0.676. The number of aromatic nitrogens is 3. The predicted octanol–water partition coefficient (Wildman–Crippen LogP) is 2.54. The van der Waals surface area contributed by atoms with E-state index in [1.807, 2.05) is 48.7 Å². The summed E-state index contributed by atoms with van der Waals surface area (Å²) in [5.41, 5.74) is 3.15. The highest BCUT2D eigenvalue weighted by molar-refractivity contribution is 5.93. The normalized spacial score (nSPS) is 14.7. The fourth-order valence-electron chi connectivity index (χ4n) is 3.47. The largest absolute Gasteiger partial charge is 0.354 e. The van der Waals surface area contributed by atoms with Crippen molar-refractivity contribution in [2.24, 2.45) is 0 Å². The van der Waals surface area contributed by atoms with E-state index in [9.17, 15) is 4.79 Å². The molecule has 2 N–H and O–H groups in total. The second kappa shape index (κ2) is 8.87. The first-order valence-corrected chi connectivity index (χ1v) is 10.0. The summed E-state index contributed by atoms with van der Waals surface area (Å²) in [6.45, 7) is 7.87. The Morgan fingerprint density at radius 1 is 1.10 bits per heavy atom. The molecule has 1 fully saturated rings. The van der Waals surface area contributed by atoms with Crippen LogP contribution in [0.4, 0.5) is 5.82 Å². The number of amides is 1. The summed E-state index contributed by atoms with van der Waals surface area (Å²) in [5.74, 6) is 0.816. The number of likely N-dealkylation sites (N-methyl/N-ethyl adjacent to an activating group) is 1. The zero-order chi connectivity index (χ0) is 20.1. The minimum absolute atomic E-state index is 0.181. The average Bonchev–Trinajstić information content (AvgIpc) is 3.29. The second-order valence-corrected chi connectivity index (χ2v) is 7.16. The number of piperazine rings is 1. The van der Waals surface area contributed by atoms with Gasteiger partial charge >= 0.3 is 0 Å². The molecule has 0 radical (unpaired) electrons. The van der Waals surface area contributed by atoms with Crippen LogP contribution in [0.25, 0.3) is 11.3 Å². The van der Waals surface area contributed by atoms with Crippen LogP contribution >= 0.6 is 0 Å². The Balaban J connectivity index is 1.31. The third-order valence-electron chi connectivity index (χ3n) is 5.30. The molecule has 150 valence electrons. The van der Waals surface area contributed by atoms with Crippen molar-refractivity contribution in [2.45, 2.75) is 13.5 Å². The summed E-state index contributed by atoms with van der Waals surface area (Å²) >= 11 is 0.